The van der Waals surface area contributed by atoms with Gasteiger partial charge in [0.2, 0.25) is 0 Å². The Hall–Kier alpha value is -1.86. The van der Waals surface area contributed by atoms with E-state index in [0.29, 0.717) is 5.56 Å². The van der Waals surface area contributed by atoms with Crippen LogP contribution in [0.3, 0.4) is 0 Å². The molecule has 1 saturated carbocycles. The molecule has 0 unspecified atom stereocenters. The summed E-state index contributed by atoms with van der Waals surface area (Å²) < 4.78 is 13.3. The highest BCUT2D eigenvalue weighted by Gasteiger charge is 2.18. The monoisotopic (exact) mass is 275 g/mol. The maximum Gasteiger partial charge on any atom is 0.252 e. The number of hydrogen-bond donors (Lipinski definition) is 2. The van der Waals surface area contributed by atoms with Gasteiger partial charge in [0, 0.05) is 11.6 Å². The van der Waals surface area contributed by atoms with E-state index in [1.165, 1.54) is 24.6 Å². The van der Waals surface area contributed by atoms with Crippen LogP contribution in [0.5, 0.6) is 0 Å². The van der Waals surface area contributed by atoms with Crippen LogP contribution in [0.15, 0.2) is 18.2 Å². The Morgan fingerprint density at radius 2 is 2.10 bits per heavy atom. The summed E-state index contributed by atoms with van der Waals surface area (Å²) in [5, 5.41) is 11.7. The molecular formula is C16H18FNO2. The highest BCUT2D eigenvalue weighted by atomic mass is 19.1. The van der Waals surface area contributed by atoms with Crippen LogP contribution in [0.2, 0.25) is 0 Å². The Kier molecular flexibility index (Phi) is 5.14. The third kappa shape index (κ3) is 3.82. The number of carbonyl (C=O) groups is 1. The van der Waals surface area contributed by atoms with Gasteiger partial charge in [0.25, 0.3) is 5.91 Å². The van der Waals surface area contributed by atoms with Crippen molar-refractivity contribution in [3.63, 3.8) is 0 Å². The molecule has 1 aliphatic rings. The van der Waals surface area contributed by atoms with Crippen LogP contribution >= 0.6 is 0 Å². The maximum atomic E-state index is 13.3. The first-order valence-electron chi connectivity index (χ1n) is 6.91. The normalized spacial score (nSPS) is 15.3. The number of halogens is 1. The smallest absolute Gasteiger partial charge is 0.252 e. The molecule has 1 aromatic carbocycles. The summed E-state index contributed by atoms with van der Waals surface area (Å²) in [6.45, 7) is -0.291. The second kappa shape index (κ2) is 7.06. The minimum absolute atomic E-state index is 0.165. The van der Waals surface area contributed by atoms with Gasteiger partial charge in [-0.1, -0.05) is 31.1 Å². The summed E-state index contributed by atoms with van der Waals surface area (Å²) >= 11 is 0. The minimum atomic E-state index is -0.464. The topological polar surface area (TPSA) is 49.3 Å². The molecule has 0 heterocycles. The van der Waals surface area contributed by atoms with Crippen LogP contribution in [0, 0.1) is 17.7 Å². The number of rotatable bonds is 2. The van der Waals surface area contributed by atoms with Gasteiger partial charge in [-0.25, -0.2) is 4.39 Å². The first kappa shape index (κ1) is 14.5. The number of benzene rings is 1. The van der Waals surface area contributed by atoms with Crippen molar-refractivity contribution < 1.29 is 14.3 Å². The van der Waals surface area contributed by atoms with Crippen LogP contribution in [-0.4, -0.2) is 23.7 Å². The summed E-state index contributed by atoms with van der Waals surface area (Å²) in [6.07, 6.45) is 5.38. The quantitative estimate of drug-likeness (QED) is 0.813. The number of nitrogens with one attached hydrogen (secondary N) is 1. The van der Waals surface area contributed by atoms with Crippen molar-refractivity contribution >= 4 is 5.91 Å². The zero-order chi connectivity index (χ0) is 14.4. The lowest BCUT2D eigenvalue weighted by Gasteiger charge is -2.23. The average molecular weight is 275 g/mol. The highest BCUT2D eigenvalue weighted by Crippen LogP contribution is 2.18. The predicted octanol–water partition coefficient (Wildman–Crippen LogP) is 2.23. The van der Waals surface area contributed by atoms with Gasteiger partial charge in [-0.2, -0.15) is 0 Å². The Morgan fingerprint density at radius 3 is 2.80 bits per heavy atom. The Bertz CT molecular complexity index is 539. The summed E-state index contributed by atoms with van der Waals surface area (Å²) in [5.74, 6) is 4.41. The maximum absolute atomic E-state index is 13.3. The van der Waals surface area contributed by atoms with Gasteiger partial charge < -0.3 is 10.4 Å². The van der Waals surface area contributed by atoms with E-state index >= 15 is 0 Å². The summed E-state index contributed by atoms with van der Waals surface area (Å²) in [5.41, 5.74) is 0.672. The molecule has 20 heavy (non-hydrogen) atoms. The van der Waals surface area contributed by atoms with E-state index in [0.717, 1.165) is 25.7 Å². The molecule has 4 heteroatoms. The SMILES string of the molecule is O=C(NC1CCCCC1)c1cc(F)ccc1C#CCO. The third-order valence-electron chi connectivity index (χ3n) is 3.47. The number of carbonyl (C=O) groups excluding carboxylic acids is 1. The minimum Gasteiger partial charge on any atom is -0.384 e. The average Bonchev–Trinajstić information content (AvgIpc) is 2.47. The molecule has 2 rings (SSSR count). The highest BCUT2D eigenvalue weighted by molar-refractivity contribution is 5.97. The second-order valence-corrected chi connectivity index (χ2v) is 4.96. The van der Waals surface area contributed by atoms with E-state index in [1.807, 2.05) is 0 Å². The van der Waals surface area contributed by atoms with E-state index in [1.54, 1.807) is 0 Å². The molecule has 106 valence electrons. The molecule has 0 aliphatic heterocycles. The van der Waals surface area contributed by atoms with Gasteiger partial charge in [-0.15, -0.1) is 0 Å². The van der Waals surface area contributed by atoms with Crippen molar-refractivity contribution in [2.75, 3.05) is 6.61 Å². The Labute approximate surface area is 118 Å². The number of hydrogen-bond acceptors (Lipinski definition) is 2. The fourth-order valence-electron chi connectivity index (χ4n) is 2.46. The molecule has 1 aliphatic carbocycles. The van der Waals surface area contributed by atoms with Crippen LogP contribution in [0.1, 0.15) is 48.0 Å². The van der Waals surface area contributed by atoms with Crippen molar-refractivity contribution in [3.05, 3.63) is 35.1 Å². The van der Waals surface area contributed by atoms with Crippen LogP contribution in [0.25, 0.3) is 0 Å². The van der Waals surface area contributed by atoms with Crippen LogP contribution in [-0.2, 0) is 0 Å². The predicted molar refractivity (Wildman–Crippen MR) is 74.7 cm³/mol. The van der Waals surface area contributed by atoms with Gasteiger partial charge in [-0.05, 0) is 31.0 Å². The number of amides is 1. The van der Waals surface area contributed by atoms with E-state index < -0.39 is 5.82 Å². The van der Waals surface area contributed by atoms with Crippen molar-refractivity contribution in [1.29, 1.82) is 0 Å². The lowest BCUT2D eigenvalue weighted by Crippen LogP contribution is -2.36. The third-order valence-corrected chi connectivity index (χ3v) is 3.47. The fraction of sp³-hybridized carbons (Fsp3) is 0.438. The number of aliphatic hydroxyl groups is 1. The van der Waals surface area contributed by atoms with Crippen LogP contribution < -0.4 is 5.32 Å². The van der Waals surface area contributed by atoms with Gasteiger partial charge in [-0.3, -0.25) is 4.79 Å². The molecule has 0 bridgehead atoms. The van der Waals surface area contributed by atoms with Gasteiger partial charge in [0.15, 0.2) is 0 Å². The van der Waals surface area contributed by atoms with E-state index in [4.69, 9.17) is 5.11 Å². The van der Waals surface area contributed by atoms with E-state index in [9.17, 15) is 9.18 Å². The molecule has 0 aromatic heterocycles. The lowest BCUT2D eigenvalue weighted by atomic mass is 9.95. The first-order valence-corrected chi connectivity index (χ1v) is 6.91. The van der Waals surface area contributed by atoms with Gasteiger partial charge in [0.1, 0.15) is 12.4 Å². The van der Waals surface area contributed by atoms with Crippen molar-refractivity contribution in [3.8, 4) is 11.8 Å². The summed E-state index contributed by atoms with van der Waals surface area (Å²) in [4.78, 5) is 12.2. The van der Waals surface area contributed by atoms with Gasteiger partial charge >= 0.3 is 0 Å². The molecule has 3 nitrogen and oxygen atoms in total. The van der Waals surface area contributed by atoms with Crippen molar-refractivity contribution in [2.24, 2.45) is 0 Å². The fourth-order valence-corrected chi connectivity index (χ4v) is 2.46. The lowest BCUT2D eigenvalue weighted by molar-refractivity contribution is 0.0927. The molecular weight excluding hydrogens is 257 g/mol. The molecule has 1 amide bonds. The van der Waals surface area contributed by atoms with Crippen LogP contribution in [0.4, 0.5) is 4.39 Å². The second-order valence-electron chi connectivity index (χ2n) is 4.96. The largest absolute Gasteiger partial charge is 0.384 e. The van der Waals surface area contributed by atoms with Gasteiger partial charge in [0.05, 0.1) is 5.56 Å². The molecule has 0 saturated heterocycles. The van der Waals surface area contributed by atoms with Crippen molar-refractivity contribution in [2.45, 2.75) is 38.1 Å². The zero-order valence-corrected chi connectivity index (χ0v) is 11.3. The molecule has 0 radical (unpaired) electrons. The molecule has 2 N–H and O–H groups in total. The Morgan fingerprint density at radius 1 is 1.35 bits per heavy atom. The first-order chi connectivity index (χ1) is 9.70. The summed E-state index contributed by atoms with van der Waals surface area (Å²) in [6, 6.07) is 4.09. The molecule has 1 aromatic rings. The molecule has 0 atom stereocenters. The molecule has 1 fully saturated rings. The number of aliphatic hydroxyl groups excluding tert-OH is 1. The van der Waals surface area contributed by atoms with E-state index in [2.05, 4.69) is 17.2 Å². The van der Waals surface area contributed by atoms with Crippen molar-refractivity contribution in [1.82, 2.24) is 5.32 Å². The summed E-state index contributed by atoms with van der Waals surface area (Å²) in [7, 11) is 0. The Balaban J connectivity index is 2.16. The standard InChI is InChI=1S/C16H18FNO2/c17-13-9-8-12(5-4-10-19)15(11-13)16(20)18-14-6-2-1-3-7-14/h8-9,11,14,19H,1-3,6-7,10H2,(H,18,20). The zero-order valence-electron chi connectivity index (χ0n) is 11.3. The molecule has 0 spiro atoms. The van der Waals surface area contributed by atoms with E-state index in [-0.39, 0.29) is 24.1 Å².